The van der Waals surface area contributed by atoms with E-state index in [1.807, 2.05) is 36.9 Å². The topological polar surface area (TPSA) is 47.3 Å². The van der Waals surface area contributed by atoms with Crippen LogP contribution in [-0.2, 0) is 19.9 Å². The molecule has 4 nitrogen and oxygen atoms in total. The first-order valence-electron chi connectivity index (χ1n) is 7.00. The van der Waals surface area contributed by atoms with E-state index in [-0.39, 0.29) is 0 Å². The van der Waals surface area contributed by atoms with E-state index in [1.165, 1.54) is 0 Å². The van der Waals surface area contributed by atoms with Crippen molar-refractivity contribution in [2.75, 3.05) is 7.11 Å². The molecule has 2 aromatic rings. The molecule has 0 radical (unpaired) electrons. The van der Waals surface area contributed by atoms with E-state index in [9.17, 15) is 5.11 Å². The van der Waals surface area contributed by atoms with Gasteiger partial charge in [-0.1, -0.05) is 19.1 Å². The van der Waals surface area contributed by atoms with E-state index in [1.54, 1.807) is 7.11 Å². The number of halogens is 1. The van der Waals surface area contributed by atoms with Crippen LogP contribution in [0.1, 0.15) is 35.5 Å². The van der Waals surface area contributed by atoms with Crippen LogP contribution in [0.2, 0.25) is 0 Å². The molecular formula is C16H21BrN2O2. The summed E-state index contributed by atoms with van der Waals surface area (Å²) in [5, 5.41) is 15.0. The largest absolute Gasteiger partial charge is 0.496 e. The monoisotopic (exact) mass is 352 g/mol. The Morgan fingerprint density at radius 2 is 2.14 bits per heavy atom. The average molecular weight is 353 g/mol. The van der Waals surface area contributed by atoms with E-state index in [0.717, 1.165) is 39.2 Å². The van der Waals surface area contributed by atoms with Gasteiger partial charge in [0.05, 0.1) is 29.1 Å². The molecule has 0 aliphatic rings. The summed E-state index contributed by atoms with van der Waals surface area (Å²) in [6, 6.07) is 5.80. The molecule has 0 spiro atoms. The molecule has 0 aliphatic carbocycles. The normalized spacial score (nSPS) is 12.5. The molecule has 2 rings (SSSR count). The molecule has 1 unspecified atom stereocenters. The second-order valence-corrected chi connectivity index (χ2v) is 5.93. The number of hydrogen-bond acceptors (Lipinski definition) is 3. The fourth-order valence-corrected chi connectivity index (χ4v) is 3.16. The number of aliphatic hydroxyl groups is 1. The van der Waals surface area contributed by atoms with Crippen LogP contribution in [0.4, 0.5) is 0 Å². The number of rotatable bonds is 5. The van der Waals surface area contributed by atoms with E-state index in [4.69, 9.17) is 4.74 Å². The molecule has 0 saturated heterocycles. The van der Waals surface area contributed by atoms with E-state index in [2.05, 4.69) is 28.0 Å². The number of aliphatic hydroxyl groups excluding tert-OH is 1. The summed E-state index contributed by atoms with van der Waals surface area (Å²) < 4.78 is 8.14. The Labute approximate surface area is 133 Å². The third-order valence-corrected chi connectivity index (χ3v) is 4.62. The molecule has 1 N–H and O–H groups in total. The number of ether oxygens (including phenoxy) is 1. The highest BCUT2D eigenvalue weighted by Crippen LogP contribution is 2.29. The van der Waals surface area contributed by atoms with Crippen molar-refractivity contribution >= 4 is 15.9 Å². The number of aromatic nitrogens is 2. The van der Waals surface area contributed by atoms with Gasteiger partial charge in [-0.15, -0.1) is 0 Å². The minimum absolute atomic E-state index is 0.510. The van der Waals surface area contributed by atoms with E-state index >= 15 is 0 Å². The second-order valence-electron chi connectivity index (χ2n) is 5.13. The van der Waals surface area contributed by atoms with Crippen molar-refractivity contribution in [2.45, 2.75) is 32.8 Å². The van der Waals surface area contributed by atoms with Crippen LogP contribution in [0.3, 0.4) is 0 Å². The molecule has 0 fully saturated rings. The molecule has 0 saturated carbocycles. The maximum Gasteiger partial charge on any atom is 0.122 e. The lowest BCUT2D eigenvalue weighted by Gasteiger charge is -2.14. The highest BCUT2D eigenvalue weighted by atomic mass is 79.9. The van der Waals surface area contributed by atoms with Gasteiger partial charge in [0.2, 0.25) is 0 Å². The van der Waals surface area contributed by atoms with Gasteiger partial charge in [0.25, 0.3) is 0 Å². The van der Waals surface area contributed by atoms with Gasteiger partial charge in [-0.2, -0.15) is 5.10 Å². The summed E-state index contributed by atoms with van der Waals surface area (Å²) in [6.07, 6.45) is 0.787. The fraction of sp³-hybridized carbons (Fsp3) is 0.438. The zero-order valence-corrected chi connectivity index (χ0v) is 14.4. The maximum atomic E-state index is 10.5. The molecule has 114 valence electrons. The molecule has 5 heteroatoms. The summed E-state index contributed by atoms with van der Waals surface area (Å²) in [5.41, 5.74) is 3.92. The first kappa shape index (κ1) is 16.0. The minimum Gasteiger partial charge on any atom is -0.496 e. The van der Waals surface area contributed by atoms with Crippen LogP contribution >= 0.6 is 15.9 Å². The molecule has 1 atom stereocenters. The van der Waals surface area contributed by atoms with Crippen molar-refractivity contribution in [3.63, 3.8) is 0 Å². The van der Waals surface area contributed by atoms with Crippen LogP contribution in [-0.4, -0.2) is 22.0 Å². The van der Waals surface area contributed by atoms with Crippen LogP contribution in [0.25, 0.3) is 0 Å². The van der Waals surface area contributed by atoms with Gasteiger partial charge in [0.1, 0.15) is 5.75 Å². The lowest BCUT2D eigenvalue weighted by atomic mass is 10.0. The van der Waals surface area contributed by atoms with Gasteiger partial charge in [-0.05, 0) is 46.5 Å². The number of methoxy groups -OCH3 is 1. The third-order valence-electron chi connectivity index (χ3n) is 3.71. The van der Waals surface area contributed by atoms with E-state index < -0.39 is 6.10 Å². The van der Waals surface area contributed by atoms with Gasteiger partial charge in [0, 0.05) is 13.5 Å². The Balaban J connectivity index is 2.26. The van der Waals surface area contributed by atoms with Crippen LogP contribution in [0.5, 0.6) is 5.75 Å². The first-order valence-corrected chi connectivity index (χ1v) is 7.80. The molecule has 1 aromatic heterocycles. The predicted molar refractivity (Wildman–Crippen MR) is 86.7 cm³/mol. The Morgan fingerprint density at radius 3 is 2.71 bits per heavy atom. The summed E-state index contributed by atoms with van der Waals surface area (Å²) >= 11 is 3.58. The molecule has 0 amide bonds. The zero-order valence-electron chi connectivity index (χ0n) is 12.9. The van der Waals surface area contributed by atoms with Gasteiger partial charge < -0.3 is 9.84 Å². The van der Waals surface area contributed by atoms with Crippen molar-refractivity contribution in [2.24, 2.45) is 7.05 Å². The van der Waals surface area contributed by atoms with Crippen LogP contribution in [0, 0.1) is 6.92 Å². The van der Waals surface area contributed by atoms with Crippen molar-refractivity contribution < 1.29 is 9.84 Å². The molecular weight excluding hydrogens is 332 g/mol. The SMILES string of the molecule is CCc1nn(C)c(CC(O)c2ccc(C)c(OC)c2)c1Br. The summed E-state index contributed by atoms with van der Waals surface area (Å²) in [7, 11) is 3.55. The van der Waals surface area contributed by atoms with Gasteiger partial charge in [-0.3, -0.25) is 4.68 Å². The smallest absolute Gasteiger partial charge is 0.122 e. The van der Waals surface area contributed by atoms with Gasteiger partial charge in [0.15, 0.2) is 0 Å². The Hall–Kier alpha value is -1.33. The minimum atomic E-state index is -0.587. The van der Waals surface area contributed by atoms with Crippen LogP contribution in [0.15, 0.2) is 22.7 Å². The summed E-state index contributed by atoms with van der Waals surface area (Å²) in [4.78, 5) is 0. The molecule has 1 heterocycles. The molecule has 1 aromatic carbocycles. The molecule has 0 aliphatic heterocycles. The lowest BCUT2D eigenvalue weighted by molar-refractivity contribution is 0.175. The maximum absolute atomic E-state index is 10.5. The fourth-order valence-electron chi connectivity index (χ4n) is 2.39. The zero-order chi connectivity index (χ0) is 15.6. The van der Waals surface area contributed by atoms with Gasteiger partial charge >= 0.3 is 0 Å². The Morgan fingerprint density at radius 1 is 1.43 bits per heavy atom. The third kappa shape index (κ3) is 3.30. The summed E-state index contributed by atoms with van der Waals surface area (Å²) in [5.74, 6) is 0.796. The van der Waals surface area contributed by atoms with Crippen molar-refractivity contribution in [3.05, 3.63) is 45.2 Å². The molecule has 21 heavy (non-hydrogen) atoms. The van der Waals surface area contributed by atoms with Crippen molar-refractivity contribution in [1.29, 1.82) is 0 Å². The number of nitrogens with zero attached hydrogens (tertiary/aromatic N) is 2. The van der Waals surface area contributed by atoms with Crippen LogP contribution < -0.4 is 4.74 Å². The second kappa shape index (κ2) is 6.62. The highest BCUT2D eigenvalue weighted by molar-refractivity contribution is 9.10. The quantitative estimate of drug-likeness (QED) is 0.897. The number of aryl methyl sites for hydroxylation is 3. The first-order chi connectivity index (χ1) is 9.97. The van der Waals surface area contributed by atoms with Crippen molar-refractivity contribution in [3.8, 4) is 5.75 Å². The Kier molecular flexibility index (Phi) is 5.06. The number of hydrogen-bond donors (Lipinski definition) is 1. The number of benzene rings is 1. The standard InChI is InChI=1S/C16H21BrN2O2/c1-5-12-16(17)13(19(3)18-12)9-14(20)11-7-6-10(2)15(8-11)21-4/h6-8,14,20H,5,9H2,1-4H3. The Bertz CT molecular complexity index is 637. The van der Waals surface area contributed by atoms with Crippen molar-refractivity contribution in [1.82, 2.24) is 9.78 Å². The lowest BCUT2D eigenvalue weighted by Crippen LogP contribution is -2.07. The predicted octanol–water partition coefficient (Wildman–Crippen LogP) is 3.34. The highest BCUT2D eigenvalue weighted by Gasteiger charge is 2.18. The molecule has 0 bridgehead atoms. The van der Waals surface area contributed by atoms with E-state index in [0.29, 0.717) is 6.42 Å². The summed E-state index contributed by atoms with van der Waals surface area (Å²) in [6.45, 7) is 4.05. The average Bonchev–Trinajstić information content (AvgIpc) is 2.75. The van der Waals surface area contributed by atoms with Gasteiger partial charge in [-0.25, -0.2) is 0 Å².